The topological polar surface area (TPSA) is 15.3 Å². The van der Waals surface area contributed by atoms with Crippen molar-refractivity contribution in [1.82, 2.24) is 5.32 Å². The molecule has 1 aromatic rings. The minimum absolute atomic E-state index is 1.11. The van der Waals surface area contributed by atoms with Crippen molar-refractivity contribution in [3.63, 3.8) is 0 Å². The Labute approximate surface area is 115 Å². The van der Waals surface area contributed by atoms with Gasteiger partial charge in [-0.05, 0) is 35.7 Å². The highest BCUT2D eigenvalue weighted by atomic mass is 15.2. The maximum Gasteiger partial charge on any atom is 0.0396 e. The van der Waals surface area contributed by atoms with E-state index in [2.05, 4.69) is 65.7 Å². The first-order valence-electron chi connectivity index (χ1n) is 6.96. The number of piperazine rings is 1. The molecule has 0 amide bonds. The van der Waals surface area contributed by atoms with Crippen LogP contribution in [0.5, 0.6) is 0 Å². The SMILES string of the molecule is Cc1ccccc1N1CCNCC1.c1cc2cc-2c1. The van der Waals surface area contributed by atoms with Gasteiger partial charge >= 0.3 is 0 Å². The van der Waals surface area contributed by atoms with Crippen LogP contribution in [0, 0.1) is 6.92 Å². The van der Waals surface area contributed by atoms with E-state index in [0.29, 0.717) is 0 Å². The molecule has 1 N–H and O–H groups in total. The van der Waals surface area contributed by atoms with Crippen LogP contribution in [-0.2, 0) is 0 Å². The molecule has 98 valence electrons. The number of hydrogen-bond donors (Lipinski definition) is 1. The lowest BCUT2D eigenvalue weighted by Crippen LogP contribution is -2.43. The van der Waals surface area contributed by atoms with Crippen LogP contribution in [-0.4, -0.2) is 26.2 Å². The first-order valence-corrected chi connectivity index (χ1v) is 6.96. The van der Waals surface area contributed by atoms with Crippen LogP contribution in [0.25, 0.3) is 11.1 Å². The van der Waals surface area contributed by atoms with E-state index in [4.69, 9.17) is 0 Å². The third-order valence-corrected chi connectivity index (χ3v) is 3.69. The van der Waals surface area contributed by atoms with Crippen LogP contribution in [0.3, 0.4) is 0 Å². The van der Waals surface area contributed by atoms with Gasteiger partial charge in [-0.1, -0.05) is 36.4 Å². The summed E-state index contributed by atoms with van der Waals surface area (Å²) in [6.45, 7) is 6.65. The van der Waals surface area contributed by atoms with Gasteiger partial charge in [-0.2, -0.15) is 0 Å². The Balaban J connectivity index is 0.000000151. The second-order valence-corrected chi connectivity index (χ2v) is 5.10. The molecule has 1 saturated heterocycles. The zero-order valence-corrected chi connectivity index (χ0v) is 11.4. The number of nitrogens with zero attached hydrogens (tertiary/aromatic N) is 1. The summed E-state index contributed by atoms with van der Waals surface area (Å²) in [5, 5.41) is 3.36. The lowest BCUT2D eigenvalue weighted by Gasteiger charge is -2.30. The molecule has 2 heteroatoms. The van der Waals surface area contributed by atoms with E-state index in [1.54, 1.807) is 0 Å². The molecule has 19 heavy (non-hydrogen) atoms. The molecule has 1 heterocycles. The first-order chi connectivity index (χ1) is 9.34. The molecular formula is C17H20N2. The van der Waals surface area contributed by atoms with E-state index in [1.807, 2.05) is 0 Å². The predicted octanol–water partition coefficient (Wildman–Crippen LogP) is 3.07. The van der Waals surface area contributed by atoms with Crippen LogP contribution in [0.4, 0.5) is 5.69 Å². The van der Waals surface area contributed by atoms with Crippen LogP contribution in [0.15, 0.2) is 48.5 Å². The molecular weight excluding hydrogens is 232 g/mol. The van der Waals surface area contributed by atoms with Crippen LogP contribution in [0.2, 0.25) is 0 Å². The standard InChI is InChI=1S/C11H16N2.C6H4/c1-10-4-2-3-5-11(10)13-8-6-12-7-9-13;1-2-5-4-6(5)3-1/h2-5,12H,6-9H2,1H3;1-4H. The third kappa shape index (κ3) is 2.96. The van der Waals surface area contributed by atoms with Crippen molar-refractivity contribution in [2.75, 3.05) is 31.1 Å². The molecule has 0 radical (unpaired) electrons. The Kier molecular flexibility index (Phi) is 3.51. The predicted molar refractivity (Wildman–Crippen MR) is 81.7 cm³/mol. The van der Waals surface area contributed by atoms with Crippen molar-refractivity contribution in [3.8, 4) is 11.1 Å². The largest absolute Gasteiger partial charge is 0.369 e. The molecule has 0 spiro atoms. The van der Waals surface area contributed by atoms with Gasteiger partial charge in [0.2, 0.25) is 0 Å². The Hall–Kier alpha value is -1.80. The van der Waals surface area contributed by atoms with Gasteiger partial charge < -0.3 is 10.2 Å². The molecule has 0 aromatic heterocycles. The molecule has 2 nitrogen and oxygen atoms in total. The first kappa shape index (κ1) is 12.2. The Morgan fingerprint density at radius 3 is 2.11 bits per heavy atom. The Bertz CT molecular complexity index is 539. The molecule has 0 atom stereocenters. The monoisotopic (exact) mass is 252 g/mol. The van der Waals surface area contributed by atoms with Crippen molar-refractivity contribution in [2.45, 2.75) is 6.92 Å². The van der Waals surface area contributed by atoms with Crippen molar-refractivity contribution >= 4 is 5.69 Å². The molecule has 1 aromatic carbocycles. The molecule has 0 saturated carbocycles. The number of fused-ring (bicyclic) bond motifs is 1. The maximum atomic E-state index is 3.36. The van der Waals surface area contributed by atoms with Crippen LogP contribution in [0.1, 0.15) is 5.56 Å². The fourth-order valence-electron chi connectivity index (χ4n) is 2.50. The Morgan fingerprint density at radius 2 is 1.58 bits per heavy atom. The summed E-state index contributed by atoms with van der Waals surface area (Å²) in [7, 11) is 0. The van der Waals surface area contributed by atoms with Crippen LogP contribution >= 0.6 is 0 Å². The van der Waals surface area contributed by atoms with Crippen molar-refractivity contribution in [3.05, 3.63) is 54.1 Å². The van der Waals surface area contributed by atoms with Gasteiger partial charge in [-0.15, -0.1) is 0 Å². The molecule has 0 bridgehead atoms. The number of nitrogens with one attached hydrogen (secondary N) is 1. The second kappa shape index (κ2) is 5.45. The highest BCUT2D eigenvalue weighted by Crippen LogP contribution is 2.32. The van der Waals surface area contributed by atoms with Gasteiger partial charge in [0.1, 0.15) is 0 Å². The summed E-state index contributed by atoms with van der Waals surface area (Å²) >= 11 is 0. The molecule has 4 rings (SSSR count). The van der Waals surface area contributed by atoms with E-state index in [0.717, 1.165) is 26.2 Å². The summed E-state index contributed by atoms with van der Waals surface area (Å²) in [6.07, 6.45) is 0. The maximum absolute atomic E-state index is 3.36. The van der Waals surface area contributed by atoms with Gasteiger partial charge in [-0.25, -0.2) is 0 Å². The fourth-order valence-corrected chi connectivity index (χ4v) is 2.50. The average Bonchev–Trinajstić information content (AvgIpc) is 3.07. The number of rotatable bonds is 1. The Morgan fingerprint density at radius 1 is 0.895 bits per heavy atom. The van der Waals surface area contributed by atoms with Gasteiger partial charge in [0, 0.05) is 31.9 Å². The normalized spacial score (nSPS) is 15.5. The number of anilines is 1. The van der Waals surface area contributed by atoms with Crippen molar-refractivity contribution < 1.29 is 0 Å². The number of para-hydroxylation sites is 1. The van der Waals surface area contributed by atoms with Crippen molar-refractivity contribution in [2.24, 2.45) is 0 Å². The lowest BCUT2D eigenvalue weighted by atomic mass is 10.1. The van der Waals surface area contributed by atoms with E-state index < -0.39 is 0 Å². The molecule has 2 aliphatic carbocycles. The quantitative estimate of drug-likeness (QED) is 0.716. The number of benzene rings is 2. The summed E-state index contributed by atoms with van der Waals surface area (Å²) in [6, 6.07) is 17.1. The summed E-state index contributed by atoms with van der Waals surface area (Å²) in [5.74, 6) is 0. The summed E-state index contributed by atoms with van der Waals surface area (Å²) in [5.41, 5.74) is 5.62. The minimum Gasteiger partial charge on any atom is -0.369 e. The second-order valence-electron chi connectivity index (χ2n) is 5.10. The van der Waals surface area contributed by atoms with E-state index >= 15 is 0 Å². The van der Waals surface area contributed by atoms with Crippen molar-refractivity contribution in [1.29, 1.82) is 0 Å². The van der Waals surface area contributed by atoms with Gasteiger partial charge in [-0.3, -0.25) is 0 Å². The number of aryl methyl sites for hydroxylation is 1. The lowest BCUT2D eigenvalue weighted by molar-refractivity contribution is 0.588. The summed E-state index contributed by atoms with van der Waals surface area (Å²) in [4.78, 5) is 2.45. The smallest absolute Gasteiger partial charge is 0.0396 e. The summed E-state index contributed by atoms with van der Waals surface area (Å²) < 4.78 is 0. The zero-order chi connectivity index (χ0) is 13.1. The number of hydrogen-bond acceptors (Lipinski definition) is 2. The highest BCUT2D eigenvalue weighted by molar-refractivity contribution is 5.80. The van der Waals surface area contributed by atoms with Gasteiger partial charge in [0.15, 0.2) is 0 Å². The zero-order valence-electron chi connectivity index (χ0n) is 11.4. The highest BCUT2D eigenvalue weighted by Gasteiger charge is 2.11. The third-order valence-electron chi connectivity index (χ3n) is 3.69. The van der Waals surface area contributed by atoms with Gasteiger partial charge in [0.05, 0.1) is 0 Å². The average molecular weight is 252 g/mol. The molecule has 0 unspecified atom stereocenters. The molecule has 3 aliphatic rings. The van der Waals surface area contributed by atoms with Crippen LogP contribution < -0.4 is 10.2 Å². The van der Waals surface area contributed by atoms with E-state index in [1.165, 1.54) is 22.4 Å². The van der Waals surface area contributed by atoms with E-state index in [9.17, 15) is 0 Å². The van der Waals surface area contributed by atoms with Gasteiger partial charge in [0.25, 0.3) is 0 Å². The fraction of sp³-hybridized carbons (Fsp3) is 0.294. The molecule has 1 aliphatic heterocycles. The minimum atomic E-state index is 1.11. The molecule has 1 fully saturated rings. The van der Waals surface area contributed by atoms with E-state index in [-0.39, 0.29) is 0 Å².